The zero-order valence-corrected chi connectivity index (χ0v) is 14.5. The predicted molar refractivity (Wildman–Crippen MR) is 82.7 cm³/mol. The summed E-state index contributed by atoms with van der Waals surface area (Å²) in [5, 5.41) is 10.3. The quantitative estimate of drug-likeness (QED) is 0.660. The van der Waals surface area contributed by atoms with Crippen LogP contribution in [-0.4, -0.2) is 5.11 Å². The monoisotopic (exact) mass is 438 g/mol. The Hall–Kier alpha value is 0.320. The van der Waals surface area contributed by atoms with E-state index in [2.05, 4.69) is 47.8 Å². The summed E-state index contributed by atoms with van der Waals surface area (Å²) in [6.07, 6.45) is -0.590. The summed E-state index contributed by atoms with van der Waals surface area (Å²) < 4.78 is 2.96. The Bertz CT molecular complexity index is 531. The van der Waals surface area contributed by atoms with Crippen LogP contribution in [0, 0.1) is 6.92 Å². The molecule has 0 saturated heterocycles. The number of aliphatic hydroxyl groups excluding tert-OH is 1. The normalized spacial score (nSPS) is 12.8. The highest BCUT2D eigenvalue weighted by Crippen LogP contribution is 2.37. The lowest BCUT2D eigenvalue weighted by molar-refractivity contribution is 0.223. The molecular weight excluding hydrogens is 432 g/mol. The Labute approximate surface area is 129 Å². The van der Waals surface area contributed by atoms with Gasteiger partial charge < -0.3 is 5.11 Å². The fourth-order valence-electron chi connectivity index (χ4n) is 1.49. The molecule has 0 aliphatic rings. The summed E-state index contributed by atoms with van der Waals surface area (Å²) in [6, 6.07) is 7.79. The van der Waals surface area contributed by atoms with Gasteiger partial charge in [0, 0.05) is 19.4 Å². The third kappa shape index (κ3) is 3.01. The van der Waals surface area contributed by atoms with Crippen molar-refractivity contribution in [3.63, 3.8) is 0 Å². The molecule has 5 heteroatoms. The van der Waals surface area contributed by atoms with Gasteiger partial charge in [0.05, 0.1) is 3.79 Å². The Kier molecular flexibility index (Phi) is 4.47. The van der Waals surface area contributed by atoms with Crippen LogP contribution in [0.3, 0.4) is 0 Å². The van der Waals surface area contributed by atoms with E-state index >= 15 is 0 Å². The summed E-state index contributed by atoms with van der Waals surface area (Å²) >= 11 is 11.9. The van der Waals surface area contributed by atoms with Crippen LogP contribution in [0.5, 0.6) is 0 Å². The van der Waals surface area contributed by atoms with E-state index in [1.54, 1.807) is 11.3 Å². The molecule has 0 aliphatic heterocycles. The van der Waals surface area contributed by atoms with E-state index in [1.165, 1.54) is 0 Å². The minimum Gasteiger partial charge on any atom is -0.383 e. The second-order valence-electron chi connectivity index (χ2n) is 3.67. The molecule has 2 aromatic rings. The highest BCUT2D eigenvalue weighted by atomic mass is 79.9. The van der Waals surface area contributed by atoms with Crippen molar-refractivity contribution in [3.8, 4) is 0 Å². The first-order valence-corrected chi connectivity index (χ1v) is 8.07. The average molecular weight is 441 g/mol. The van der Waals surface area contributed by atoms with E-state index in [0.717, 1.165) is 28.7 Å². The Morgan fingerprint density at radius 2 is 1.88 bits per heavy atom. The van der Waals surface area contributed by atoms with Crippen molar-refractivity contribution in [3.05, 3.63) is 53.0 Å². The fraction of sp³-hybridized carbons (Fsp3) is 0.167. The molecule has 0 fully saturated rings. The second kappa shape index (κ2) is 5.53. The highest BCUT2D eigenvalue weighted by molar-refractivity contribution is 9.11. The molecule has 90 valence electrons. The Morgan fingerprint density at radius 1 is 1.18 bits per heavy atom. The average Bonchev–Trinajstić information content (AvgIpc) is 2.58. The molecule has 0 aliphatic carbocycles. The van der Waals surface area contributed by atoms with E-state index in [1.807, 2.05) is 31.2 Å². The number of aliphatic hydroxyl groups is 1. The molecule has 1 atom stereocenters. The topological polar surface area (TPSA) is 20.2 Å². The maximum atomic E-state index is 10.3. The van der Waals surface area contributed by atoms with Crippen LogP contribution in [0.4, 0.5) is 0 Å². The largest absolute Gasteiger partial charge is 0.383 e. The predicted octanol–water partition coefficient (Wildman–Crippen LogP) is 5.43. The van der Waals surface area contributed by atoms with Crippen LogP contribution in [-0.2, 0) is 0 Å². The van der Waals surface area contributed by atoms with Gasteiger partial charge in [0.15, 0.2) is 0 Å². The third-order valence-electron chi connectivity index (χ3n) is 2.40. The van der Waals surface area contributed by atoms with Gasteiger partial charge >= 0.3 is 0 Å². The van der Waals surface area contributed by atoms with Crippen molar-refractivity contribution in [2.24, 2.45) is 0 Å². The molecule has 0 radical (unpaired) electrons. The SMILES string of the molecule is Cc1cc(C(O)c2ccc(Br)cc2Br)sc1Br. The van der Waals surface area contributed by atoms with Gasteiger partial charge in [-0.05, 0) is 46.6 Å². The first-order chi connectivity index (χ1) is 7.99. The van der Waals surface area contributed by atoms with Gasteiger partial charge in [-0.2, -0.15) is 0 Å². The molecule has 2 rings (SSSR count). The van der Waals surface area contributed by atoms with Crippen molar-refractivity contribution in [2.75, 3.05) is 0 Å². The van der Waals surface area contributed by atoms with Crippen molar-refractivity contribution < 1.29 is 5.11 Å². The molecule has 0 saturated carbocycles. The van der Waals surface area contributed by atoms with Gasteiger partial charge in [-0.15, -0.1) is 11.3 Å². The fourth-order valence-corrected chi connectivity index (χ4v) is 4.34. The van der Waals surface area contributed by atoms with E-state index in [-0.39, 0.29) is 0 Å². The zero-order chi connectivity index (χ0) is 12.6. The summed E-state index contributed by atoms with van der Waals surface area (Å²) in [4.78, 5) is 0.942. The van der Waals surface area contributed by atoms with Gasteiger partial charge in [-0.25, -0.2) is 0 Å². The molecule has 1 nitrogen and oxygen atoms in total. The molecule has 0 spiro atoms. The number of hydrogen-bond donors (Lipinski definition) is 1. The van der Waals surface area contributed by atoms with Gasteiger partial charge in [-0.1, -0.05) is 37.9 Å². The number of aryl methyl sites for hydroxylation is 1. The summed E-state index contributed by atoms with van der Waals surface area (Å²) in [7, 11) is 0. The van der Waals surface area contributed by atoms with Crippen LogP contribution < -0.4 is 0 Å². The van der Waals surface area contributed by atoms with Crippen molar-refractivity contribution >= 4 is 59.1 Å². The van der Waals surface area contributed by atoms with Gasteiger partial charge in [0.25, 0.3) is 0 Å². The molecule has 1 aromatic heterocycles. The molecule has 1 N–H and O–H groups in total. The van der Waals surface area contributed by atoms with Crippen molar-refractivity contribution in [1.29, 1.82) is 0 Å². The van der Waals surface area contributed by atoms with Crippen molar-refractivity contribution in [2.45, 2.75) is 13.0 Å². The van der Waals surface area contributed by atoms with Gasteiger partial charge in [0.2, 0.25) is 0 Å². The lowest BCUT2D eigenvalue weighted by Crippen LogP contribution is -1.98. The van der Waals surface area contributed by atoms with Crippen LogP contribution in [0.2, 0.25) is 0 Å². The maximum Gasteiger partial charge on any atom is 0.114 e. The van der Waals surface area contributed by atoms with E-state index in [0.29, 0.717) is 0 Å². The lowest BCUT2D eigenvalue weighted by atomic mass is 10.1. The number of rotatable bonds is 2. The van der Waals surface area contributed by atoms with Crippen LogP contribution in [0.1, 0.15) is 22.1 Å². The molecule has 1 unspecified atom stereocenters. The third-order valence-corrected chi connectivity index (χ3v) is 5.77. The number of hydrogen-bond acceptors (Lipinski definition) is 2. The summed E-state index contributed by atoms with van der Waals surface area (Å²) in [5.41, 5.74) is 2.03. The Balaban J connectivity index is 2.39. The van der Waals surface area contributed by atoms with Crippen LogP contribution in [0.15, 0.2) is 37.0 Å². The van der Waals surface area contributed by atoms with E-state index in [4.69, 9.17) is 0 Å². The Morgan fingerprint density at radius 3 is 2.41 bits per heavy atom. The summed E-state index contributed by atoms with van der Waals surface area (Å²) in [6.45, 7) is 2.02. The lowest BCUT2D eigenvalue weighted by Gasteiger charge is -2.11. The molecule has 1 aromatic carbocycles. The first-order valence-electron chi connectivity index (χ1n) is 4.88. The number of halogens is 3. The molecular formula is C12H9Br3OS. The standard InChI is InChI=1S/C12H9Br3OS/c1-6-4-10(17-12(6)15)11(16)8-3-2-7(13)5-9(8)14/h2-5,11,16H,1H3. The smallest absolute Gasteiger partial charge is 0.114 e. The van der Waals surface area contributed by atoms with E-state index in [9.17, 15) is 5.11 Å². The minimum atomic E-state index is -0.590. The molecule has 1 heterocycles. The van der Waals surface area contributed by atoms with Crippen molar-refractivity contribution in [1.82, 2.24) is 0 Å². The highest BCUT2D eigenvalue weighted by Gasteiger charge is 2.17. The van der Waals surface area contributed by atoms with Gasteiger partial charge in [0.1, 0.15) is 6.10 Å². The second-order valence-corrected chi connectivity index (χ2v) is 7.85. The number of thiophene rings is 1. The van der Waals surface area contributed by atoms with Crippen LogP contribution in [0.25, 0.3) is 0 Å². The molecule has 0 bridgehead atoms. The van der Waals surface area contributed by atoms with E-state index < -0.39 is 6.10 Å². The maximum absolute atomic E-state index is 10.3. The molecule has 0 amide bonds. The molecule has 17 heavy (non-hydrogen) atoms. The van der Waals surface area contributed by atoms with Crippen LogP contribution >= 0.6 is 59.1 Å². The first kappa shape index (κ1) is 13.7. The minimum absolute atomic E-state index is 0.590. The van der Waals surface area contributed by atoms with Gasteiger partial charge in [-0.3, -0.25) is 0 Å². The number of benzene rings is 1. The zero-order valence-electron chi connectivity index (χ0n) is 8.88. The summed E-state index contributed by atoms with van der Waals surface area (Å²) in [5.74, 6) is 0.